The molecule has 2 saturated heterocycles. The molecule has 0 radical (unpaired) electrons. The second-order valence-corrected chi connectivity index (χ2v) is 7.15. The van der Waals surface area contributed by atoms with Crippen LogP contribution in [0.25, 0.3) is 0 Å². The average Bonchev–Trinajstić information content (AvgIpc) is 3.14. The van der Waals surface area contributed by atoms with Crippen LogP contribution in [0.4, 0.5) is 5.69 Å². The van der Waals surface area contributed by atoms with Gasteiger partial charge >= 0.3 is 0 Å². The first-order valence-corrected chi connectivity index (χ1v) is 9.53. The smallest absolute Gasteiger partial charge is 0.272 e. The molecule has 1 atom stereocenters. The van der Waals surface area contributed by atoms with Crippen molar-refractivity contribution in [2.45, 2.75) is 18.9 Å². The molecule has 2 amide bonds. The summed E-state index contributed by atoms with van der Waals surface area (Å²) in [5, 5.41) is 4.08. The van der Waals surface area contributed by atoms with Crippen LogP contribution in [0.15, 0.2) is 42.6 Å². The van der Waals surface area contributed by atoms with Crippen LogP contribution in [0.1, 0.15) is 23.3 Å². The van der Waals surface area contributed by atoms with Crippen LogP contribution in [0, 0.1) is 0 Å². The van der Waals surface area contributed by atoms with Gasteiger partial charge in [-0.2, -0.15) is 5.10 Å². The van der Waals surface area contributed by atoms with Gasteiger partial charge in [-0.25, -0.2) is 0 Å². The van der Waals surface area contributed by atoms with Gasteiger partial charge in [-0.1, -0.05) is 18.2 Å². The molecule has 4 rings (SSSR count). The summed E-state index contributed by atoms with van der Waals surface area (Å²) in [6.45, 7) is 3.50. The Labute approximate surface area is 159 Å². The predicted molar refractivity (Wildman–Crippen MR) is 103 cm³/mol. The molecule has 7 heteroatoms. The van der Waals surface area contributed by atoms with Crippen molar-refractivity contribution < 1.29 is 9.59 Å². The maximum absolute atomic E-state index is 13.1. The summed E-state index contributed by atoms with van der Waals surface area (Å²) in [6.07, 6.45) is 3.53. The molecule has 0 spiro atoms. The van der Waals surface area contributed by atoms with Crippen LogP contribution in [0.3, 0.4) is 0 Å². The van der Waals surface area contributed by atoms with Crippen LogP contribution >= 0.6 is 0 Å². The fraction of sp³-hybridized carbons (Fsp3) is 0.450. The van der Waals surface area contributed by atoms with Crippen molar-refractivity contribution in [1.29, 1.82) is 0 Å². The highest BCUT2D eigenvalue weighted by atomic mass is 16.2. The van der Waals surface area contributed by atoms with Gasteiger partial charge in [0.05, 0.1) is 6.04 Å². The Morgan fingerprint density at radius 3 is 2.44 bits per heavy atom. The van der Waals surface area contributed by atoms with Crippen LogP contribution in [-0.4, -0.2) is 70.2 Å². The molecule has 2 fully saturated rings. The van der Waals surface area contributed by atoms with Crippen molar-refractivity contribution >= 4 is 17.5 Å². The molecule has 27 heavy (non-hydrogen) atoms. The lowest BCUT2D eigenvalue weighted by Gasteiger charge is -2.42. The Kier molecular flexibility index (Phi) is 4.94. The number of anilines is 1. The van der Waals surface area contributed by atoms with Gasteiger partial charge in [0.2, 0.25) is 5.91 Å². The molecule has 1 aromatic carbocycles. The third-order valence-electron chi connectivity index (χ3n) is 5.56. The van der Waals surface area contributed by atoms with E-state index in [1.165, 1.54) is 0 Å². The third-order valence-corrected chi connectivity index (χ3v) is 5.56. The highest BCUT2D eigenvalue weighted by molar-refractivity contribution is 5.98. The van der Waals surface area contributed by atoms with E-state index in [4.69, 9.17) is 0 Å². The second-order valence-electron chi connectivity index (χ2n) is 7.15. The second kappa shape index (κ2) is 7.52. The molecule has 3 heterocycles. The van der Waals surface area contributed by atoms with Gasteiger partial charge in [0.15, 0.2) is 0 Å². The van der Waals surface area contributed by atoms with Gasteiger partial charge in [0, 0.05) is 51.7 Å². The lowest BCUT2D eigenvalue weighted by molar-refractivity contribution is -0.126. The lowest BCUT2D eigenvalue weighted by atomic mass is 10.0. The number of piperidine rings is 1. The molecule has 142 valence electrons. The third kappa shape index (κ3) is 3.47. The zero-order valence-electron chi connectivity index (χ0n) is 15.6. The van der Waals surface area contributed by atoms with E-state index in [0.717, 1.165) is 38.2 Å². The summed E-state index contributed by atoms with van der Waals surface area (Å²) in [7, 11) is 1.78. The van der Waals surface area contributed by atoms with Crippen molar-refractivity contribution in [2.75, 3.05) is 37.6 Å². The number of hydrogen-bond donors (Lipinski definition) is 0. The number of aryl methyl sites for hydroxylation is 1. The van der Waals surface area contributed by atoms with Gasteiger partial charge in [0.25, 0.3) is 5.91 Å². The van der Waals surface area contributed by atoms with Crippen molar-refractivity contribution in [3.63, 3.8) is 0 Å². The highest BCUT2D eigenvalue weighted by Gasteiger charge is 2.36. The van der Waals surface area contributed by atoms with Crippen LogP contribution in [0.2, 0.25) is 0 Å². The number of carbonyl (C=O) groups is 2. The van der Waals surface area contributed by atoms with Crippen molar-refractivity contribution in [2.24, 2.45) is 7.05 Å². The molecule has 7 nitrogen and oxygen atoms in total. The minimum absolute atomic E-state index is 0.00975. The van der Waals surface area contributed by atoms with Gasteiger partial charge in [-0.05, 0) is 31.0 Å². The predicted octanol–water partition coefficient (Wildman–Crippen LogP) is 1.37. The van der Waals surface area contributed by atoms with Gasteiger partial charge in [-0.3, -0.25) is 19.2 Å². The number of hydrogen-bond acceptors (Lipinski definition) is 4. The maximum Gasteiger partial charge on any atom is 0.272 e. The Bertz CT molecular complexity index is 811. The molecule has 1 aromatic heterocycles. The Hall–Kier alpha value is -2.67. The minimum atomic E-state index is -0.0899. The van der Waals surface area contributed by atoms with Crippen LogP contribution < -0.4 is 4.90 Å². The monoisotopic (exact) mass is 367 g/mol. The number of nitrogens with zero attached hydrogens (tertiary/aromatic N) is 5. The minimum Gasteiger partial charge on any atom is -0.335 e. The zero-order valence-corrected chi connectivity index (χ0v) is 15.6. The molecule has 2 aromatic rings. The first-order chi connectivity index (χ1) is 13.1. The van der Waals surface area contributed by atoms with E-state index in [-0.39, 0.29) is 17.9 Å². The standard InChI is InChI=1S/C20H25N5O2/c1-22-17(9-10-21-22)19(26)24-14-12-23(13-15-24)18-8-5-11-25(20(18)27)16-6-3-2-4-7-16/h2-4,6-7,9-10,18H,5,8,11-15H2,1H3/t18-/m1/s1. The molecule has 0 aliphatic carbocycles. The summed E-state index contributed by atoms with van der Waals surface area (Å²) >= 11 is 0. The van der Waals surface area contributed by atoms with Gasteiger partial charge in [-0.15, -0.1) is 0 Å². The van der Waals surface area contributed by atoms with E-state index in [1.807, 2.05) is 40.1 Å². The van der Waals surface area contributed by atoms with E-state index in [1.54, 1.807) is 24.0 Å². The van der Waals surface area contributed by atoms with E-state index in [9.17, 15) is 9.59 Å². The number of piperazine rings is 1. The van der Waals surface area contributed by atoms with E-state index in [0.29, 0.717) is 18.8 Å². The first-order valence-electron chi connectivity index (χ1n) is 9.53. The van der Waals surface area contributed by atoms with Crippen molar-refractivity contribution in [1.82, 2.24) is 19.6 Å². The average molecular weight is 367 g/mol. The largest absolute Gasteiger partial charge is 0.335 e. The SMILES string of the molecule is Cn1nccc1C(=O)N1CCN([C@@H]2CCCN(c3ccccc3)C2=O)CC1. The number of para-hydroxylation sites is 1. The molecule has 0 unspecified atom stereocenters. The number of benzene rings is 1. The summed E-state index contributed by atoms with van der Waals surface area (Å²) in [6, 6.07) is 11.5. The van der Waals surface area contributed by atoms with Gasteiger partial charge < -0.3 is 9.80 Å². The van der Waals surface area contributed by atoms with E-state index >= 15 is 0 Å². The molecule has 0 saturated carbocycles. The highest BCUT2D eigenvalue weighted by Crippen LogP contribution is 2.24. The Morgan fingerprint density at radius 2 is 1.78 bits per heavy atom. The van der Waals surface area contributed by atoms with E-state index < -0.39 is 0 Å². The van der Waals surface area contributed by atoms with Gasteiger partial charge in [0.1, 0.15) is 5.69 Å². The fourth-order valence-corrected chi connectivity index (χ4v) is 4.04. The van der Waals surface area contributed by atoms with Crippen LogP contribution in [-0.2, 0) is 11.8 Å². The van der Waals surface area contributed by atoms with E-state index in [2.05, 4.69) is 10.00 Å². The summed E-state index contributed by atoms with van der Waals surface area (Å²) in [4.78, 5) is 31.7. The van der Waals surface area contributed by atoms with Crippen molar-refractivity contribution in [3.05, 3.63) is 48.3 Å². The summed E-state index contributed by atoms with van der Waals surface area (Å²) < 4.78 is 1.61. The summed E-state index contributed by atoms with van der Waals surface area (Å²) in [5.41, 5.74) is 1.57. The summed E-state index contributed by atoms with van der Waals surface area (Å²) in [5.74, 6) is 0.189. The zero-order chi connectivity index (χ0) is 18.8. The molecule has 0 N–H and O–H groups in total. The number of rotatable bonds is 3. The molecular formula is C20H25N5O2. The fourth-order valence-electron chi connectivity index (χ4n) is 4.04. The topological polar surface area (TPSA) is 61.7 Å². The maximum atomic E-state index is 13.1. The Morgan fingerprint density at radius 1 is 1.04 bits per heavy atom. The first kappa shape index (κ1) is 17.7. The number of carbonyl (C=O) groups excluding carboxylic acids is 2. The van der Waals surface area contributed by atoms with Crippen LogP contribution in [0.5, 0.6) is 0 Å². The Balaban J connectivity index is 1.40. The number of amides is 2. The molecule has 2 aliphatic rings. The molecular weight excluding hydrogens is 342 g/mol. The number of aromatic nitrogens is 2. The lowest BCUT2D eigenvalue weighted by Crippen LogP contribution is -2.58. The molecule has 2 aliphatic heterocycles. The van der Waals surface area contributed by atoms with Crippen molar-refractivity contribution in [3.8, 4) is 0 Å². The molecule has 0 bridgehead atoms. The normalized spacial score (nSPS) is 21.5. The quantitative estimate of drug-likeness (QED) is 0.822.